The molecule has 0 bridgehead atoms. The average Bonchev–Trinajstić information content (AvgIpc) is 3.16. The van der Waals surface area contributed by atoms with Crippen molar-refractivity contribution in [2.75, 3.05) is 0 Å². The smallest absolute Gasteiger partial charge is 0.137 e. The molecule has 4 rings (SSSR count). The Kier molecular flexibility index (Phi) is 3.03. The maximum atomic E-state index is 5.46. The third-order valence-corrected chi connectivity index (χ3v) is 4.02. The summed E-state index contributed by atoms with van der Waals surface area (Å²) < 4.78 is 8.70. The summed E-state index contributed by atoms with van der Waals surface area (Å²) in [6.45, 7) is 0. The number of furan rings is 1. The van der Waals surface area contributed by atoms with Crippen LogP contribution in [0.15, 0.2) is 71.6 Å². The number of fused-ring (bicyclic) bond motifs is 1. The second-order valence-corrected chi connectivity index (χ2v) is 6.04. The molecule has 4 heteroatoms. The topological polar surface area (TPSA) is 30.4 Å². The molecule has 0 unspecified atom stereocenters. The maximum absolute atomic E-state index is 5.46. The van der Waals surface area contributed by atoms with Crippen LogP contribution >= 0.6 is 22.6 Å². The SMILES string of the molecule is Ic1ccc2nc(-c3cccc(-c4ccco4)c3)cn2c1. The number of hydrogen-bond donors (Lipinski definition) is 0. The lowest BCUT2D eigenvalue weighted by Crippen LogP contribution is -1.82. The molecule has 0 fully saturated rings. The second kappa shape index (κ2) is 5.04. The number of aromatic nitrogens is 2. The first-order valence-corrected chi connectivity index (χ1v) is 7.66. The highest BCUT2D eigenvalue weighted by Crippen LogP contribution is 2.26. The third kappa shape index (κ3) is 2.35. The fourth-order valence-electron chi connectivity index (χ4n) is 2.38. The average molecular weight is 386 g/mol. The highest BCUT2D eigenvalue weighted by molar-refractivity contribution is 14.1. The minimum atomic E-state index is 0.871. The Morgan fingerprint density at radius 2 is 1.86 bits per heavy atom. The van der Waals surface area contributed by atoms with Gasteiger partial charge in [-0.2, -0.15) is 0 Å². The van der Waals surface area contributed by atoms with E-state index in [1.165, 1.54) is 3.57 Å². The van der Waals surface area contributed by atoms with Crippen molar-refractivity contribution in [3.8, 4) is 22.6 Å². The summed E-state index contributed by atoms with van der Waals surface area (Å²) in [5, 5.41) is 0. The predicted octanol–water partition coefficient (Wildman–Crippen LogP) is 4.87. The van der Waals surface area contributed by atoms with E-state index in [0.29, 0.717) is 0 Å². The van der Waals surface area contributed by atoms with Gasteiger partial charge in [0, 0.05) is 27.1 Å². The number of pyridine rings is 1. The number of imidazole rings is 1. The van der Waals surface area contributed by atoms with Crippen molar-refractivity contribution in [2.24, 2.45) is 0 Å². The Bertz CT molecular complexity index is 910. The third-order valence-electron chi connectivity index (χ3n) is 3.38. The Morgan fingerprint density at radius 3 is 2.71 bits per heavy atom. The van der Waals surface area contributed by atoms with Crippen molar-refractivity contribution in [1.29, 1.82) is 0 Å². The quantitative estimate of drug-likeness (QED) is 0.461. The van der Waals surface area contributed by atoms with Gasteiger partial charge in [-0.1, -0.05) is 18.2 Å². The van der Waals surface area contributed by atoms with Crippen molar-refractivity contribution < 1.29 is 4.42 Å². The van der Waals surface area contributed by atoms with E-state index >= 15 is 0 Å². The molecular formula is C17H11IN2O. The van der Waals surface area contributed by atoms with E-state index in [1.54, 1.807) is 6.26 Å². The van der Waals surface area contributed by atoms with Crippen LogP contribution in [0, 0.1) is 3.57 Å². The predicted molar refractivity (Wildman–Crippen MR) is 91.0 cm³/mol. The summed E-state index contributed by atoms with van der Waals surface area (Å²) in [7, 11) is 0. The van der Waals surface area contributed by atoms with Crippen LogP contribution < -0.4 is 0 Å². The van der Waals surface area contributed by atoms with E-state index < -0.39 is 0 Å². The minimum absolute atomic E-state index is 0.871. The van der Waals surface area contributed by atoms with E-state index in [9.17, 15) is 0 Å². The number of hydrogen-bond acceptors (Lipinski definition) is 2. The van der Waals surface area contributed by atoms with Crippen LogP contribution in [-0.2, 0) is 0 Å². The molecule has 0 aliphatic rings. The van der Waals surface area contributed by atoms with Gasteiger partial charge in [-0.25, -0.2) is 4.98 Å². The maximum Gasteiger partial charge on any atom is 0.137 e. The van der Waals surface area contributed by atoms with Crippen molar-refractivity contribution in [3.63, 3.8) is 0 Å². The fraction of sp³-hybridized carbons (Fsp3) is 0. The lowest BCUT2D eigenvalue weighted by atomic mass is 10.1. The number of rotatable bonds is 2. The molecule has 1 aromatic carbocycles. The van der Waals surface area contributed by atoms with Crippen LogP contribution in [0.3, 0.4) is 0 Å². The van der Waals surface area contributed by atoms with Crippen molar-refractivity contribution in [1.82, 2.24) is 9.38 Å². The van der Waals surface area contributed by atoms with Gasteiger partial charge >= 0.3 is 0 Å². The summed E-state index contributed by atoms with van der Waals surface area (Å²) in [5.74, 6) is 0.871. The normalized spacial score (nSPS) is 11.1. The van der Waals surface area contributed by atoms with Crippen LogP contribution in [-0.4, -0.2) is 9.38 Å². The van der Waals surface area contributed by atoms with Gasteiger partial charge < -0.3 is 8.82 Å². The molecule has 0 aliphatic heterocycles. The highest BCUT2D eigenvalue weighted by atomic mass is 127. The molecule has 0 saturated carbocycles. The van der Waals surface area contributed by atoms with E-state index in [4.69, 9.17) is 4.42 Å². The van der Waals surface area contributed by atoms with Gasteiger partial charge in [0.15, 0.2) is 0 Å². The van der Waals surface area contributed by atoms with Gasteiger partial charge in [-0.15, -0.1) is 0 Å². The molecular weight excluding hydrogens is 375 g/mol. The molecule has 0 aliphatic carbocycles. The standard InChI is InChI=1S/C17H11IN2O/c18-14-6-7-17-19-15(11-20(17)10-14)12-3-1-4-13(9-12)16-5-2-8-21-16/h1-11H. The van der Waals surface area contributed by atoms with Gasteiger partial charge in [0.1, 0.15) is 11.4 Å². The first kappa shape index (κ1) is 12.6. The summed E-state index contributed by atoms with van der Waals surface area (Å²) in [5.41, 5.74) is 4.06. The van der Waals surface area contributed by atoms with Crippen LogP contribution in [0.25, 0.3) is 28.2 Å². The largest absolute Gasteiger partial charge is 0.464 e. The van der Waals surface area contributed by atoms with Crippen LogP contribution in [0.5, 0.6) is 0 Å². The Morgan fingerprint density at radius 1 is 0.952 bits per heavy atom. The van der Waals surface area contributed by atoms with Gasteiger partial charge in [0.2, 0.25) is 0 Å². The van der Waals surface area contributed by atoms with Crippen molar-refractivity contribution >= 4 is 28.2 Å². The van der Waals surface area contributed by atoms with Gasteiger partial charge in [-0.3, -0.25) is 0 Å². The fourth-order valence-corrected chi connectivity index (χ4v) is 2.86. The van der Waals surface area contributed by atoms with E-state index in [-0.39, 0.29) is 0 Å². The summed E-state index contributed by atoms with van der Waals surface area (Å²) in [4.78, 5) is 4.68. The van der Waals surface area contributed by atoms with Crippen LogP contribution in [0.1, 0.15) is 0 Å². The number of halogens is 1. The number of nitrogens with zero attached hydrogens (tertiary/aromatic N) is 2. The lowest BCUT2D eigenvalue weighted by Gasteiger charge is -2.00. The van der Waals surface area contributed by atoms with E-state index in [1.807, 2.05) is 30.3 Å². The van der Waals surface area contributed by atoms with Crippen LogP contribution in [0.4, 0.5) is 0 Å². The molecule has 0 atom stereocenters. The van der Waals surface area contributed by atoms with E-state index in [0.717, 1.165) is 28.2 Å². The zero-order chi connectivity index (χ0) is 14.2. The molecule has 3 heterocycles. The van der Waals surface area contributed by atoms with Gasteiger partial charge in [0.05, 0.1) is 12.0 Å². The highest BCUT2D eigenvalue weighted by Gasteiger charge is 2.07. The number of benzene rings is 1. The molecule has 4 aromatic rings. The molecule has 0 amide bonds. The van der Waals surface area contributed by atoms with Crippen molar-refractivity contribution in [2.45, 2.75) is 0 Å². The summed E-state index contributed by atoms with van der Waals surface area (Å²) >= 11 is 2.30. The van der Waals surface area contributed by atoms with E-state index in [2.05, 4.69) is 62.6 Å². The van der Waals surface area contributed by atoms with Crippen LogP contribution in [0.2, 0.25) is 0 Å². The monoisotopic (exact) mass is 386 g/mol. The molecule has 0 radical (unpaired) electrons. The Balaban J connectivity index is 1.83. The Hall–Kier alpha value is -2.08. The molecule has 3 nitrogen and oxygen atoms in total. The molecule has 21 heavy (non-hydrogen) atoms. The van der Waals surface area contributed by atoms with Gasteiger partial charge in [-0.05, 0) is 52.9 Å². The molecule has 0 spiro atoms. The zero-order valence-corrected chi connectivity index (χ0v) is 13.2. The molecule has 3 aromatic heterocycles. The molecule has 0 N–H and O–H groups in total. The Labute approximate surface area is 135 Å². The first-order valence-electron chi connectivity index (χ1n) is 6.58. The van der Waals surface area contributed by atoms with Crippen molar-refractivity contribution in [3.05, 3.63) is 70.8 Å². The lowest BCUT2D eigenvalue weighted by molar-refractivity contribution is 0.582. The molecule has 0 saturated heterocycles. The zero-order valence-electron chi connectivity index (χ0n) is 11.0. The molecule has 102 valence electrons. The second-order valence-electron chi connectivity index (χ2n) is 4.80. The minimum Gasteiger partial charge on any atom is -0.464 e. The summed E-state index contributed by atoms with van der Waals surface area (Å²) in [6, 6.07) is 16.2. The summed E-state index contributed by atoms with van der Waals surface area (Å²) in [6.07, 6.45) is 5.82. The van der Waals surface area contributed by atoms with Gasteiger partial charge in [0.25, 0.3) is 0 Å². The first-order chi connectivity index (χ1) is 10.3.